The number of hydrogen-bond acceptors (Lipinski definition) is 4. The Bertz CT molecular complexity index is 319. The van der Waals surface area contributed by atoms with Crippen molar-refractivity contribution in [3.8, 4) is 0 Å². The van der Waals surface area contributed by atoms with Crippen LogP contribution in [0.25, 0.3) is 0 Å². The number of nitrogens with zero attached hydrogens (tertiary/aromatic N) is 4. The number of anilines is 1. The van der Waals surface area contributed by atoms with Crippen LogP contribution in [0.5, 0.6) is 0 Å². The Hall–Kier alpha value is -0.620. The number of aliphatic hydroxyl groups is 1. The first-order chi connectivity index (χ1) is 6.66. The maximum Gasteiger partial charge on any atom is 0.224 e. The van der Waals surface area contributed by atoms with Crippen molar-refractivity contribution in [1.82, 2.24) is 14.8 Å². The number of halogens is 1. The summed E-state index contributed by atoms with van der Waals surface area (Å²) in [6, 6.07) is 0. The van der Waals surface area contributed by atoms with Gasteiger partial charge in [-0.15, -0.1) is 5.10 Å². The fourth-order valence-electron chi connectivity index (χ4n) is 1.69. The highest BCUT2D eigenvalue weighted by Crippen LogP contribution is 2.18. The van der Waals surface area contributed by atoms with Gasteiger partial charge in [0.1, 0.15) is 0 Å². The van der Waals surface area contributed by atoms with Crippen molar-refractivity contribution < 1.29 is 5.11 Å². The van der Waals surface area contributed by atoms with Gasteiger partial charge in [-0.2, -0.15) is 4.98 Å². The van der Waals surface area contributed by atoms with Crippen LogP contribution in [0.15, 0.2) is 4.73 Å². The van der Waals surface area contributed by atoms with E-state index < -0.39 is 0 Å². The van der Waals surface area contributed by atoms with Crippen molar-refractivity contribution in [2.75, 3.05) is 18.0 Å². The number of rotatable bonds is 1. The summed E-state index contributed by atoms with van der Waals surface area (Å²) in [5.41, 5.74) is 0. The number of aliphatic hydroxyl groups excluding tert-OH is 1. The van der Waals surface area contributed by atoms with Crippen LogP contribution in [-0.4, -0.2) is 39.1 Å². The van der Waals surface area contributed by atoms with E-state index in [1.807, 2.05) is 7.05 Å². The van der Waals surface area contributed by atoms with Crippen LogP contribution in [0.1, 0.15) is 12.8 Å². The summed E-state index contributed by atoms with van der Waals surface area (Å²) in [7, 11) is 1.87. The van der Waals surface area contributed by atoms with Gasteiger partial charge in [-0.3, -0.25) is 0 Å². The first-order valence-electron chi connectivity index (χ1n) is 4.66. The van der Waals surface area contributed by atoms with Crippen LogP contribution >= 0.6 is 15.9 Å². The Balaban J connectivity index is 2.11. The zero-order valence-electron chi connectivity index (χ0n) is 8.02. The van der Waals surface area contributed by atoms with E-state index in [1.165, 1.54) is 0 Å². The highest BCUT2D eigenvalue weighted by atomic mass is 79.9. The molecule has 1 aliphatic rings. The Labute approximate surface area is 90.9 Å². The first kappa shape index (κ1) is 9.92. The minimum absolute atomic E-state index is 0.150. The minimum Gasteiger partial charge on any atom is -0.393 e. The SMILES string of the molecule is Cn1nc(Br)nc1N1CCC(O)CC1. The van der Waals surface area contributed by atoms with Gasteiger partial charge in [0, 0.05) is 20.1 Å². The molecule has 2 rings (SSSR count). The summed E-state index contributed by atoms with van der Waals surface area (Å²) in [5.74, 6) is 0.865. The maximum absolute atomic E-state index is 9.37. The Morgan fingerprint density at radius 3 is 2.57 bits per heavy atom. The van der Waals surface area contributed by atoms with E-state index in [-0.39, 0.29) is 6.10 Å². The van der Waals surface area contributed by atoms with Gasteiger partial charge in [-0.1, -0.05) is 0 Å². The number of aryl methyl sites for hydroxylation is 1. The molecule has 14 heavy (non-hydrogen) atoms. The smallest absolute Gasteiger partial charge is 0.224 e. The molecule has 0 radical (unpaired) electrons. The maximum atomic E-state index is 9.37. The van der Waals surface area contributed by atoms with Crippen LogP contribution in [0.2, 0.25) is 0 Å². The molecule has 1 fully saturated rings. The zero-order chi connectivity index (χ0) is 10.1. The van der Waals surface area contributed by atoms with Crippen molar-refractivity contribution in [2.24, 2.45) is 7.05 Å². The summed E-state index contributed by atoms with van der Waals surface area (Å²) in [6.45, 7) is 1.69. The molecule has 78 valence electrons. The number of aromatic nitrogens is 3. The molecule has 1 aliphatic heterocycles. The molecule has 5 nitrogen and oxygen atoms in total. The molecule has 1 aromatic heterocycles. The first-order valence-corrected chi connectivity index (χ1v) is 5.45. The van der Waals surface area contributed by atoms with E-state index in [2.05, 4.69) is 30.9 Å². The van der Waals surface area contributed by atoms with Gasteiger partial charge >= 0.3 is 0 Å². The Morgan fingerprint density at radius 1 is 1.43 bits per heavy atom. The molecule has 1 N–H and O–H groups in total. The van der Waals surface area contributed by atoms with Crippen LogP contribution in [0.4, 0.5) is 5.95 Å². The minimum atomic E-state index is -0.150. The lowest BCUT2D eigenvalue weighted by atomic mass is 10.1. The number of piperidine rings is 1. The van der Waals surface area contributed by atoms with E-state index in [4.69, 9.17) is 0 Å². The van der Waals surface area contributed by atoms with Gasteiger partial charge in [0.05, 0.1) is 6.10 Å². The summed E-state index contributed by atoms with van der Waals surface area (Å²) >= 11 is 3.24. The fourth-order valence-corrected chi connectivity index (χ4v) is 2.08. The van der Waals surface area contributed by atoms with E-state index in [1.54, 1.807) is 4.68 Å². The van der Waals surface area contributed by atoms with Gasteiger partial charge < -0.3 is 10.0 Å². The third kappa shape index (κ3) is 1.90. The van der Waals surface area contributed by atoms with Crippen molar-refractivity contribution >= 4 is 21.9 Å². The average Bonchev–Trinajstić information content (AvgIpc) is 2.47. The quantitative estimate of drug-likeness (QED) is 0.801. The molecule has 0 saturated carbocycles. The van der Waals surface area contributed by atoms with E-state index in [9.17, 15) is 5.11 Å². The second-order valence-electron chi connectivity index (χ2n) is 3.52. The molecule has 6 heteroatoms. The summed E-state index contributed by atoms with van der Waals surface area (Å²) in [5, 5.41) is 13.5. The molecule has 0 spiro atoms. The molecular formula is C8H13BrN4O. The standard InChI is InChI=1S/C8H13BrN4O/c1-12-8(10-7(9)11-12)13-4-2-6(14)3-5-13/h6,14H,2-5H2,1H3. The van der Waals surface area contributed by atoms with Crippen LogP contribution in [0, 0.1) is 0 Å². The number of hydrogen-bond donors (Lipinski definition) is 1. The van der Waals surface area contributed by atoms with Crippen molar-refractivity contribution in [3.05, 3.63) is 4.73 Å². The summed E-state index contributed by atoms with van der Waals surface area (Å²) in [4.78, 5) is 6.42. The summed E-state index contributed by atoms with van der Waals surface area (Å²) < 4.78 is 2.36. The predicted octanol–water partition coefficient (Wildman–Crippen LogP) is 0.539. The van der Waals surface area contributed by atoms with Crippen molar-refractivity contribution in [3.63, 3.8) is 0 Å². The van der Waals surface area contributed by atoms with Gasteiger partial charge in [0.15, 0.2) is 0 Å². The fraction of sp³-hybridized carbons (Fsp3) is 0.750. The molecule has 0 aliphatic carbocycles. The van der Waals surface area contributed by atoms with Crippen molar-refractivity contribution in [1.29, 1.82) is 0 Å². The van der Waals surface area contributed by atoms with Crippen LogP contribution in [0.3, 0.4) is 0 Å². The lowest BCUT2D eigenvalue weighted by Gasteiger charge is -2.29. The van der Waals surface area contributed by atoms with Crippen molar-refractivity contribution in [2.45, 2.75) is 18.9 Å². The predicted molar refractivity (Wildman–Crippen MR) is 56.2 cm³/mol. The van der Waals surface area contributed by atoms with E-state index >= 15 is 0 Å². The molecule has 0 atom stereocenters. The molecular weight excluding hydrogens is 248 g/mol. The third-order valence-electron chi connectivity index (χ3n) is 2.46. The molecule has 1 aromatic rings. The monoisotopic (exact) mass is 260 g/mol. The lowest BCUT2D eigenvalue weighted by Crippen LogP contribution is -2.37. The highest BCUT2D eigenvalue weighted by molar-refractivity contribution is 9.10. The van der Waals surface area contributed by atoms with Gasteiger partial charge in [0.25, 0.3) is 0 Å². The molecule has 0 amide bonds. The zero-order valence-corrected chi connectivity index (χ0v) is 9.61. The Kier molecular flexibility index (Phi) is 2.73. The van der Waals surface area contributed by atoms with Gasteiger partial charge in [0.2, 0.25) is 10.7 Å². The van der Waals surface area contributed by atoms with Gasteiger partial charge in [-0.05, 0) is 28.8 Å². The topological polar surface area (TPSA) is 54.2 Å². The van der Waals surface area contributed by atoms with Crippen LogP contribution < -0.4 is 4.90 Å². The molecule has 0 aromatic carbocycles. The largest absolute Gasteiger partial charge is 0.393 e. The van der Waals surface area contributed by atoms with E-state index in [0.29, 0.717) is 4.73 Å². The normalized spacial score (nSPS) is 18.9. The molecule has 0 bridgehead atoms. The molecule has 1 saturated heterocycles. The highest BCUT2D eigenvalue weighted by Gasteiger charge is 2.20. The average molecular weight is 261 g/mol. The Morgan fingerprint density at radius 2 is 2.07 bits per heavy atom. The van der Waals surface area contributed by atoms with Gasteiger partial charge in [-0.25, -0.2) is 4.68 Å². The second-order valence-corrected chi connectivity index (χ2v) is 4.23. The molecule has 2 heterocycles. The van der Waals surface area contributed by atoms with E-state index in [0.717, 1.165) is 31.9 Å². The van der Waals surface area contributed by atoms with Crippen LogP contribution in [-0.2, 0) is 7.05 Å². The lowest BCUT2D eigenvalue weighted by molar-refractivity contribution is 0.145. The second kappa shape index (κ2) is 3.86. The summed E-state index contributed by atoms with van der Waals surface area (Å²) in [6.07, 6.45) is 1.47. The third-order valence-corrected chi connectivity index (χ3v) is 2.80. The molecule has 0 unspecified atom stereocenters.